The van der Waals surface area contributed by atoms with Gasteiger partial charge in [-0.15, -0.1) is 0 Å². The minimum absolute atomic E-state index is 0.301. The number of aliphatic hydroxyl groups excluding tert-OH is 1. The molecule has 17 heavy (non-hydrogen) atoms. The predicted molar refractivity (Wildman–Crippen MR) is 63.9 cm³/mol. The van der Waals surface area contributed by atoms with E-state index in [-0.39, 0.29) is 0 Å². The van der Waals surface area contributed by atoms with E-state index in [1.54, 1.807) is 0 Å². The Morgan fingerprint density at radius 1 is 1.41 bits per heavy atom. The molecule has 4 nitrogen and oxygen atoms in total. The molecule has 1 aliphatic rings. The lowest BCUT2D eigenvalue weighted by molar-refractivity contribution is 0.0877. The van der Waals surface area contributed by atoms with Crippen LogP contribution in [0, 0.1) is 6.92 Å². The summed E-state index contributed by atoms with van der Waals surface area (Å²) in [7, 11) is 0. The predicted octanol–water partition coefficient (Wildman–Crippen LogP) is 1.61. The van der Waals surface area contributed by atoms with Gasteiger partial charge in [-0.25, -0.2) is 0 Å². The van der Waals surface area contributed by atoms with Crippen LogP contribution in [0.15, 0.2) is 30.3 Å². The van der Waals surface area contributed by atoms with Gasteiger partial charge in [-0.3, -0.25) is 4.68 Å². The van der Waals surface area contributed by atoms with Crippen molar-refractivity contribution in [1.82, 2.24) is 9.78 Å². The Kier molecular flexibility index (Phi) is 2.37. The monoisotopic (exact) mass is 230 g/mol. The summed E-state index contributed by atoms with van der Waals surface area (Å²) in [6.07, 6.45) is -0.526. The van der Waals surface area contributed by atoms with Crippen LogP contribution in [0.25, 0.3) is 11.3 Å². The van der Waals surface area contributed by atoms with Gasteiger partial charge in [0.1, 0.15) is 18.5 Å². The molecule has 1 aromatic carbocycles. The van der Waals surface area contributed by atoms with E-state index in [0.29, 0.717) is 13.2 Å². The number of nitrogens with zero attached hydrogens (tertiary/aromatic N) is 2. The van der Waals surface area contributed by atoms with Gasteiger partial charge in [-0.1, -0.05) is 12.1 Å². The quantitative estimate of drug-likeness (QED) is 0.748. The first kappa shape index (κ1) is 10.4. The first-order chi connectivity index (χ1) is 8.24. The average Bonchev–Trinajstić information content (AvgIpc) is 2.66. The second-order valence-electron chi connectivity index (χ2n) is 4.31. The fourth-order valence-corrected chi connectivity index (χ4v) is 2.14. The molecule has 0 spiro atoms. The number of para-hydroxylation sites is 1. The summed E-state index contributed by atoms with van der Waals surface area (Å²) in [5.74, 6) is 0.799. The molecule has 1 N–H and O–H groups in total. The van der Waals surface area contributed by atoms with Gasteiger partial charge in [0.2, 0.25) is 0 Å². The molecular weight excluding hydrogens is 216 g/mol. The van der Waals surface area contributed by atoms with Crippen molar-refractivity contribution in [3.63, 3.8) is 0 Å². The second kappa shape index (κ2) is 3.89. The minimum atomic E-state index is -0.526. The molecule has 0 unspecified atom stereocenters. The molecular formula is C13H14N2O2. The summed E-state index contributed by atoms with van der Waals surface area (Å²) in [4.78, 5) is 0. The molecule has 0 amide bonds. The highest BCUT2D eigenvalue weighted by Gasteiger charge is 2.19. The molecule has 0 bridgehead atoms. The molecule has 2 heterocycles. The van der Waals surface area contributed by atoms with E-state index in [2.05, 4.69) is 5.10 Å². The van der Waals surface area contributed by atoms with Crippen LogP contribution < -0.4 is 4.74 Å². The van der Waals surface area contributed by atoms with E-state index in [1.807, 2.05) is 41.9 Å². The van der Waals surface area contributed by atoms with Crippen LogP contribution in [0.1, 0.15) is 5.69 Å². The van der Waals surface area contributed by atoms with Crippen LogP contribution in [0.5, 0.6) is 5.75 Å². The van der Waals surface area contributed by atoms with Gasteiger partial charge < -0.3 is 9.84 Å². The SMILES string of the molecule is Cc1cc2n(n1)C[C@@H](O)COc1ccccc1-2. The van der Waals surface area contributed by atoms with E-state index in [4.69, 9.17) is 4.74 Å². The lowest BCUT2D eigenvalue weighted by atomic mass is 10.1. The smallest absolute Gasteiger partial charge is 0.128 e. The molecule has 3 rings (SSSR count). The van der Waals surface area contributed by atoms with Gasteiger partial charge in [0.15, 0.2) is 0 Å². The molecule has 1 atom stereocenters. The van der Waals surface area contributed by atoms with Gasteiger partial charge in [0, 0.05) is 5.56 Å². The van der Waals surface area contributed by atoms with Gasteiger partial charge in [0.25, 0.3) is 0 Å². The zero-order chi connectivity index (χ0) is 11.8. The summed E-state index contributed by atoms with van der Waals surface area (Å²) < 4.78 is 7.46. The van der Waals surface area contributed by atoms with Crippen LogP contribution in [-0.4, -0.2) is 27.6 Å². The topological polar surface area (TPSA) is 47.3 Å². The summed E-state index contributed by atoms with van der Waals surface area (Å²) in [5, 5.41) is 14.2. The Morgan fingerprint density at radius 3 is 3.12 bits per heavy atom. The van der Waals surface area contributed by atoms with Gasteiger partial charge >= 0.3 is 0 Å². The molecule has 0 aliphatic carbocycles. The molecule has 88 valence electrons. The van der Waals surface area contributed by atoms with Crippen molar-refractivity contribution in [1.29, 1.82) is 0 Å². The van der Waals surface area contributed by atoms with E-state index < -0.39 is 6.10 Å². The fourth-order valence-electron chi connectivity index (χ4n) is 2.14. The van der Waals surface area contributed by atoms with Crippen molar-refractivity contribution in [3.8, 4) is 17.0 Å². The maximum Gasteiger partial charge on any atom is 0.128 e. The second-order valence-corrected chi connectivity index (χ2v) is 4.31. The number of benzene rings is 1. The lowest BCUT2D eigenvalue weighted by Gasteiger charge is -2.20. The Balaban J connectivity index is 2.20. The van der Waals surface area contributed by atoms with Crippen LogP contribution >= 0.6 is 0 Å². The van der Waals surface area contributed by atoms with Crippen molar-refractivity contribution < 1.29 is 9.84 Å². The maximum atomic E-state index is 9.81. The molecule has 4 heteroatoms. The standard InChI is InChI=1S/C13H14N2O2/c1-9-6-12-11-4-2-3-5-13(11)17-8-10(16)7-15(12)14-9/h2-6,10,16H,7-8H2,1H3/t10-/m1/s1. The van der Waals surface area contributed by atoms with E-state index >= 15 is 0 Å². The normalized spacial score (nSPS) is 18.6. The van der Waals surface area contributed by atoms with Crippen molar-refractivity contribution in [3.05, 3.63) is 36.0 Å². The van der Waals surface area contributed by atoms with Gasteiger partial charge in [0.05, 0.1) is 17.9 Å². The summed E-state index contributed by atoms with van der Waals surface area (Å²) in [5.41, 5.74) is 2.97. The Morgan fingerprint density at radius 2 is 2.24 bits per heavy atom. The first-order valence-corrected chi connectivity index (χ1v) is 5.69. The lowest BCUT2D eigenvalue weighted by Crippen LogP contribution is -2.26. The van der Waals surface area contributed by atoms with Gasteiger partial charge in [-0.05, 0) is 25.1 Å². The molecule has 0 radical (unpaired) electrons. The van der Waals surface area contributed by atoms with Crippen LogP contribution in [0.3, 0.4) is 0 Å². The molecule has 0 saturated heterocycles. The largest absolute Gasteiger partial charge is 0.490 e. The highest BCUT2D eigenvalue weighted by Crippen LogP contribution is 2.31. The van der Waals surface area contributed by atoms with Crippen LogP contribution in [0.2, 0.25) is 0 Å². The van der Waals surface area contributed by atoms with E-state index in [1.165, 1.54) is 0 Å². The number of aromatic nitrogens is 2. The third-order valence-corrected chi connectivity index (χ3v) is 2.88. The zero-order valence-corrected chi connectivity index (χ0v) is 9.63. The van der Waals surface area contributed by atoms with Crippen molar-refractivity contribution in [2.45, 2.75) is 19.6 Å². The molecule has 2 aromatic rings. The molecule has 1 aromatic heterocycles. The highest BCUT2D eigenvalue weighted by atomic mass is 16.5. The van der Waals surface area contributed by atoms with Crippen molar-refractivity contribution in [2.75, 3.05) is 6.61 Å². The number of hydrogen-bond donors (Lipinski definition) is 1. The van der Waals surface area contributed by atoms with Gasteiger partial charge in [-0.2, -0.15) is 5.10 Å². The molecule has 0 fully saturated rings. The first-order valence-electron chi connectivity index (χ1n) is 5.69. The molecule has 1 aliphatic heterocycles. The third-order valence-electron chi connectivity index (χ3n) is 2.88. The fraction of sp³-hybridized carbons (Fsp3) is 0.308. The number of aryl methyl sites for hydroxylation is 1. The highest BCUT2D eigenvalue weighted by molar-refractivity contribution is 5.68. The Bertz CT molecular complexity index is 548. The number of fused-ring (bicyclic) bond motifs is 3. The Hall–Kier alpha value is -1.81. The van der Waals surface area contributed by atoms with Crippen molar-refractivity contribution >= 4 is 0 Å². The number of aliphatic hydroxyl groups is 1. The van der Waals surface area contributed by atoms with E-state index in [9.17, 15) is 5.11 Å². The van der Waals surface area contributed by atoms with Crippen LogP contribution in [-0.2, 0) is 6.54 Å². The summed E-state index contributed by atoms with van der Waals surface area (Å²) in [6.45, 7) is 2.72. The van der Waals surface area contributed by atoms with Crippen molar-refractivity contribution in [2.24, 2.45) is 0 Å². The summed E-state index contributed by atoms with van der Waals surface area (Å²) in [6, 6.07) is 9.85. The Labute approximate surface area is 99.5 Å². The summed E-state index contributed by atoms with van der Waals surface area (Å²) >= 11 is 0. The number of ether oxygens (including phenoxy) is 1. The average molecular weight is 230 g/mol. The third kappa shape index (κ3) is 1.80. The zero-order valence-electron chi connectivity index (χ0n) is 9.63. The molecule has 0 saturated carbocycles. The maximum absolute atomic E-state index is 9.81. The van der Waals surface area contributed by atoms with Crippen LogP contribution in [0.4, 0.5) is 0 Å². The number of hydrogen-bond acceptors (Lipinski definition) is 3. The van der Waals surface area contributed by atoms with E-state index in [0.717, 1.165) is 22.7 Å². The minimum Gasteiger partial charge on any atom is -0.490 e. The number of rotatable bonds is 0.